The lowest BCUT2D eigenvalue weighted by molar-refractivity contribution is 0.113. The maximum Gasteiger partial charge on any atom is 0.266 e. The van der Waals surface area contributed by atoms with Gasteiger partial charge in [-0.1, -0.05) is 25.1 Å². The fraction of sp³-hybridized carbons (Fsp3) is 0.636. The van der Waals surface area contributed by atoms with Crippen LogP contribution in [0.3, 0.4) is 0 Å². The zero-order valence-electron chi connectivity index (χ0n) is 10.2. The Kier molecular flexibility index (Phi) is 8.11. The summed E-state index contributed by atoms with van der Waals surface area (Å²) in [4.78, 5) is 4.26. The van der Waals surface area contributed by atoms with Crippen LogP contribution in [0, 0.1) is 0 Å². The van der Waals surface area contributed by atoms with Crippen LogP contribution in [0.2, 0.25) is 0 Å². The molecule has 0 bridgehead atoms. The van der Waals surface area contributed by atoms with Crippen LogP contribution in [0.15, 0.2) is 16.5 Å². The van der Waals surface area contributed by atoms with Gasteiger partial charge >= 0.3 is 0 Å². The van der Waals surface area contributed by atoms with Gasteiger partial charge in [0.05, 0.1) is 0 Å². The minimum absolute atomic E-state index is 0.342. The Hall–Kier alpha value is -0.530. The van der Waals surface area contributed by atoms with Gasteiger partial charge in [-0.05, 0) is 30.5 Å². The molecular formula is C11H16F2N2OS2. The summed E-state index contributed by atoms with van der Waals surface area (Å²) in [6, 6.07) is 0. The molecule has 1 aromatic rings. The smallest absolute Gasteiger partial charge is 0.266 e. The van der Waals surface area contributed by atoms with E-state index in [1.54, 1.807) is 0 Å². The number of aromatic nitrogens is 2. The van der Waals surface area contributed by atoms with Gasteiger partial charge < -0.3 is 4.74 Å². The molecule has 0 aliphatic heterocycles. The van der Waals surface area contributed by atoms with Crippen molar-refractivity contribution in [1.82, 2.24) is 9.36 Å². The van der Waals surface area contributed by atoms with Crippen molar-refractivity contribution < 1.29 is 13.5 Å². The summed E-state index contributed by atoms with van der Waals surface area (Å²) in [6.07, 6.45) is 1.77. The summed E-state index contributed by atoms with van der Waals surface area (Å²) in [5.41, 5.74) is 0. The Balaban J connectivity index is 2.19. The standard InChI is InChI=1S/C11H16F2N2OS2/c1-2-3-6-16-8-10-14-11(18-15-10)17-7-4-5-9(12)13/h5H,2-4,6-8H2,1H3. The van der Waals surface area contributed by atoms with Gasteiger partial charge in [-0.3, -0.25) is 0 Å². The molecule has 0 N–H and O–H groups in total. The zero-order valence-corrected chi connectivity index (χ0v) is 11.8. The molecule has 0 radical (unpaired) electrons. The molecular weight excluding hydrogens is 278 g/mol. The minimum atomic E-state index is -1.63. The minimum Gasteiger partial charge on any atom is -0.373 e. The largest absolute Gasteiger partial charge is 0.373 e. The van der Waals surface area contributed by atoms with Gasteiger partial charge in [0.15, 0.2) is 10.2 Å². The summed E-state index contributed by atoms with van der Waals surface area (Å²) in [6.45, 7) is 3.25. The van der Waals surface area contributed by atoms with Gasteiger partial charge in [-0.15, -0.1) is 0 Å². The van der Waals surface area contributed by atoms with Crippen molar-refractivity contribution in [2.45, 2.75) is 37.1 Å². The van der Waals surface area contributed by atoms with Crippen LogP contribution in [0.25, 0.3) is 0 Å². The first-order chi connectivity index (χ1) is 8.72. The lowest BCUT2D eigenvalue weighted by Crippen LogP contribution is -1.96. The van der Waals surface area contributed by atoms with Gasteiger partial charge in [-0.25, -0.2) is 4.98 Å². The average Bonchev–Trinajstić information content (AvgIpc) is 2.78. The van der Waals surface area contributed by atoms with Crippen LogP contribution in [-0.2, 0) is 11.3 Å². The zero-order chi connectivity index (χ0) is 13.2. The third-order valence-corrected chi connectivity index (χ3v) is 3.87. The molecule has 1 heterocycles. The Labute approximate surface area is 114 Å². The molecule has 0 aliphatic rings. The quantitative estimate of drug-likeness (QED) is 0.507. The second-order valence-corrected chi connectivity index (χ2v) is 5.61. The first kappa shape index (κ1) is 15.5. The van der Waals surface area contributed by atoms with Gasteiger partial charge in [0.25, 0.3) is 6.08 Å². The third kappa shape index (κ3) is 7.03. The number of ether oxygens (including phenoxy) is 1. The van der Waals surface area contributed by atoms with Crippen molar-refractivity contribution in [1.29, 1.82) is 0 Å². The summed E-state index contributed by atoms with van der Waals surface area (Å²) in [7, 11) is 0. The highest BCUT2D eigenvalue weighted by Crippen LogP contribution is 2.21. The molecule has 102 valence electrons. The molecule has 0 atom stereocenters. The van der Waals surface area contributed by atoms with Gasteiger partial charge in [-0.2, -0.15) is 13.2 Å². The summed E-state index contributed by atoms with van der Waals surface area (Å²) >= 11 is 2.72. The fourth-order valence-corrected chi connectivity index (χ4v) is 2.66. The van der Waals surface area contributed by atoms with E-state index < -0.39 is 6.08 Å². The SMILES string of the molecule is CCCCOCc1nsc(SCCC=C(F)F)n1. The van der Waals surface area contributed by atoms with Crippen LogP contribution >= 0.6 is 23.3 Å². The van der Waals surface area contributed by atoms with Gasteiger partial charge in [0.1, 0.15) is 6.61 Å². The molecule has 18 heavy (non-hydrogen) atoms. The third-order valence-electron chi connectivity index (χ3n) is 1.96. The van der Waals surface area contributed by atoms with E-state index in [0.717, 1.165) is 29.9 Å². The van der Waals surface area contributed by atoms with Gasteiger partial charge in [0, 0.05) is 12.4 Å². The first-order valence-electron chi connectivity index (χ1n) is 5.76. The van der Waals surface area contributed by atoms with E-state index in [1.165, 1.54) is 23.3 Å². The van der Waals surface area contributed by atoms with Crippen molar-refractivity contribution in [3.63, 3.8) is 0 Å². The van der Waals surface area contributed by atoms with Gasteiger partial charge in [0.2, 0.25) is 0 Å². The van der Waals surface area contributed by atoms with Crippen molar-refractivity contribution in [2.75, 3.05) is 12.4 Å². The van der Waals surface area contributed by atoms with E-state index in [0.29, 0.717) is 24.6 Å². The number of nitrogens with zero attached hydrogens (tertiary/aromatic N) is 2. The van der Waals surface area contributed by atoms with E-state index in [4.69, 9.17) is 4.74 Å². The number of allylic oxidation sites excluding steroid dienone is 1. The molecule has 0 aromatic carbocycles. The Bertz CT molecular complexity index is 368. The van der Waals surface area contributed by atoms with Crippen LogP contribution in [0.5, 0.6) is 0 Å². The highest BCUT2D eigenvalue weighted by molar-refractivity contribution is 8.00. The Morgan fingerprint density at radius 1 is 1.50 bits per heavy atom. The highest BCUT2D eigenvalue weighted by atomic mass is 32.2. The maximum atomic E-state index is 11.8. The van der Waals surface area contributed by atoms with Crippen LogP contribution in [0.1, 0.15) is 32.0 Å². The van der Waals surface area contributed by atoms with E-state index in [2.05, 4.69) is 16.3 Å². The number of hydrogen-bond acceptors (Lipinski definition) is 5. The Morgan fingerprint density at radius 2 is 2.33 bits per heavy atom. The highest BCUT2D eigenvalue weighted by Gasteiger charge is 2.04. The van der Waals surface area contributed by atoms with E-state index in [9.17, 15) is 8.78 Å². The lowest BCUT2D eigenvalue weighted by Gasteiger charge is -1.98. The predicted octanol–water partition coefficient (Wildman–Crippen LogP) is 4.12. The first-order valence-corrected chi connectivity index (χ1v) is 7.52. The van der Waals surface area contributed by atoms with Crippen molar-refractivity contribution in [3.8, 4) is 0 Å². The molecule has 1 aromatic heterocycles. The fourth-order valence-electron chi connectivity index (χ4n) is 1.08. The molecule has 7 heteroatoms. The average molecular weight is 294 g/mol. The molecule has 0 saturated carbocycles. The van der Waals surface area contributed by atoms with Crippen LogP contribution < -0.4 is 0 Å². The van der Waals surface area contributed by atoms with Crippen molar-refractivity contribution in [3.05, 3.63) is 18.0 Å². The Morgan fingerprint density at radius 3 is 3.06 bits per heavy atom. The predicted molar refractivity (Wildman–Crippen MR) is 70.1 cm³/mol. The molecule has 0 amide bonds. The molecule has 0 aliphatic carbocycles. The summed E-state index contributed by atoms with van der Waals surface area (Å²) in [5.74, 6) is 1.26. The second kappa shape index (κ2) is 9.41. The lowest BCUT2D eigenvalue weighted by atomic mass is 10.4. The van der Waals surface area contributed by atoms with Crippen LogP contribution in [0.4, 0.5) is 8.78 Å². The normalized spacial score (nSPS) is 10.6. The topological polar surface area (TPSA) is 35.0 Å². The molecule has 3 nitrogen and oxygen atoms in total. The summed E-state index contributed by atoms with van der Waals surface area (Å²) in [5, 5.41) is 0. The van der Waals surface area contributed by atoms with Crippen molar-refractivity contribution >= 4 is 23.3 Å². The van der Waals surface area contributed by atoms with E-state index in [-0.39, 0.29) is 0 Å². The van der Waals surface area contributed by atoms with E-state index in [1.807, 2.05) is 0 Å². The summed E-state index contributed by atoms with van der Waals surface area (Å²) < 4.78 is 33.9. The van der Waals surface area contributed by atoms with Crippen LogP contribution in [-0.4, -0.2) is 21.7 Å². The molecule has 0 unspecified atom stereocenters. The van der Waals surface area contributed by atoms with E-state index >= 15 is 0 Å². The molecule has 0 saturated heterocycles. The number of unbranched alkanes of at least 4 members (excludes halogenated alkanes) is 1. The number of halogens is 2. The number of thioether (sulfide) groups is 1. The monoisotopic (exact) mass is 294 g/mol. The van der Waals surface area contributed by atoms with Crippen molar-refractivity contribution in [2.24, 2.45) is 0 Å². The number of rotatable bonds is 9. The second-order valence-electron chi connectivity index (χ2n) is 3.51. The maximum absolute atomic E-state index is 11.8. The molecule has 0 spiro atoms. The molecule has 1 rings (SSSR count). The number of hydrogen-bond donors (Lipinski definition) is 0. The molecule has 0 fully saturated rings.